The zero-order chi connectivity index (χ0) is 37.7. The van der Waals surface area contributed by atoms with Crippen molar-refractivity contribution in [1.82, 2.24) is 4.90 Å². The number of nitrogens with zero attached hydrogens (tertiary/aromatic N) is 1. The first-order chi connectivity index (χ1) is 25.5. The van der Waals surface area contributed by atoms with Gasteiger partial charge in [-0.3, -0.25) is 9.59 Å². The van der Waals surface area contributed by atoms with E-state index in [1.54, 1.807) is 0 Å². The molecule has 0 spiro atoms. The molecule has 3 atom stereocenters. The Labute approximate surface area is 320 Å². The van der Waals surface area contributed by atoms with Gasteiger partial charge in [-0.25, -0.2) is 0 Å². The zero-order valence-corrected chi connectivity index (χ0v) is 34.0. The lowest BCUT2D eigenvalue weighted by Crippen LogP contribution is -2.40. The first kappa shape index (κ1) is 47.8. The minimum absolute atomic E-state index is 0.219. The third-order valence-electron chi connectivity index (χ3n) is 9.39. The summed E-state index contributed by atoms with van der Waals surface area (Å²) in [7, 11) is 3.99. The van der Waals surface area contributed by atoms with E-state index in [9.17, 15) is 9.59 Å². The highest BCUT2D eigenvalue weighted by Crippen LogP contribution is 2.23. The predicted molar refractivity (Wildman–Crippen MR) is 218 cm³/mol. The van der Waals surface area contributed by atoms with Crippen molar-refractivity contribution in [2.45, 2.75) is 186 Å². The second-order valence-corrected chi connectivity index (χ2v) is 14.7. The number of hydrogen-bond donors (Lipinski definition) is 0. The molecule has 1 fully saturated rings. The van der Waals surface area contributed by atoms with Crippen molar-refractivity contribution < 1.29 is 28.5 Å². The summed E-state index contributed by atoms with van der Waals surface area (Å²) in [6.45, 7) is 6.34. The molecule has 0 radical (unpaired) electrons. The van der Waals surface area contributed by atoms with Crippen LogP contribution in [-0.2, 0) is 28.5 Å². The molecule has 7 heteroatoms. The molecule has 1 saturated heterocycles. The fraction of sp³-hybridized carbons (Fsp3) is 0.778. The van der Waals surface area contributed by atoms with E-state index in [2.05, 4.69) is 67.4 Å². The van der Waals surface area contributed by atoms with Crippen molar-refractivity contribution in [2.75, 3.05) is 40.5 Å². The monoisotopic (exact) mass is 730 g/mol. The van der Waals surface area contributed by atoms with Crippen molar-refractivity contribution >= 4 is 11.9 Å². The Morgan fingerprint density at radius 1 is 0.596 bits per heavy atom. The number of hydrogen-bond acceptors (Lipinski definition) is 7. The van der Waals surface area contributed by atoms with Crippen LogP contribution >= 0.6 is 0 Å². The van der Waals surface area contributed by atoms with Gasteiger partial charge in [-0.2, -0.15) is 0 Å². The summed E-state index contributed by atoms with van der Waals surface area (Å²) in [6.07, 6.45) is 42.3. The molecular weight excluding hydrogens is 650 g/mol. The largest absolute Gasteiger partial charge is 0.456 e. The number of carbonyl (C=O) groups excluding carboxylic acids is 2. The summed E-state index contributed by atoms with van der Waals surface area (Å²) in [5.41, 5.74) is 0. The van der Waals surface area contributed by atoms with Crippen molar-refractivity contribution in [3.05, 3.63) is 48.6 Å². The Morgan fingerprint density at radius 3 is 1.52 bits per heavy atom. The molecule has 1 aliphatic rings. The zero-order valence-electron chi connectivity index (χ0n) is 34.0. The maximum atomic E-state index is 12.9. The van der Waals surface area contributed by atoms with Gasteiger partial charge in [-0.05, 0) is 91.1 Å². The van der Waals surface area contributed by atoms with Crippen molar-refractivity contribution in [3.8, 4) is 0 Å². The van der Waals surface area contributed by atoms with Crippen LogP contribution in [0.2, 0.25) is 0 Å². The fourth-order valence-electron chi connectivity index (χ4n) is 6.09. The maximum absolute atomic E-state index is 12.9. The highest BCUT2D eigenvalue weighted by Gasteiger charge is 2.42. The van der Waals surface area contributed by atoms with Gasteiger partial charge >= 0.3 is 11.9 Å². The van der Waals surface area contributed by atoms with Crippen LogP contribution in [0, 0.1) is 0 Å². The number of unbranched alkanes of at least 4 members (excludes halogenated alkanes) is 16. The van der Waals surface area contributed by atoms with Crippen LogP contribution in [-0.4, -0.2) is 75.6 Å². The molecule has 1 rings (SSSR count). The Kier molecular flexibility index (Phi) is 32.9. The minimum atomic E-state index is -0.640. The molecule has 0 aromatic rings. The molecule has 0 saturated carbocycles. The lowest BCUT2D eigenvalue weighted by molar-refractivity contribution is -0.167. The highest BCUT2D eigenvalue weighted by atomic mass is 16.6. The van der Waals surface area contributed by atoms with Gasteiger partial charge in [-0.15, -0.1) is 0 Å². The summed E-state index contributed by atoms with van der Waals surface area (Å²) in [5.74, 6) is -0.502. The molecule has 0 N–H and O–H groups in total. The van der Waals surface area contributed by atoms with Crippen LogP contribution in [0.5, 0.6) is 0 Å². The van der Waals surface area contributed by atoms with Gasteiger partial charge in [0.1, 0.15) is 6.10 Å². The first-order valence-corrected chi connectivity index (χ1v) is 21.3. The fourth-order valence-corrected chi connectivity index (χ4v) is 6.09. The minimum Gasteiger partial charge on any atom is -0.456 e. The third-order valence-corrected chi connectivity index (χ3v) is 9.39. The van der Waals surface area contributed by atoms with Crippen LogP contribution in [0.25, 0.3) is 0 Å². The second kappa shape index (κ2) is 35.8. The Balaban J connectivity index is 2.29. The number of allylic oxidation sites excluding steroid dienone is 8. The summed E-state index contributed by atoms with van der Waals surface area (Å²) in [5, 5.41) is 0. The van der Waals surface area contributed by atoms with Gasteiger partial charge in [0.25, 0.3) is 0 Å². The van der Waals surface area contributed by atoms with Gasteiger partial charge in [0.2, 0.25) is 0 Å². The van der Waals surface area contributed by atoms with Crippen LogP contribution in [0.1, 0.15) is 168 Å². The maximum Gasteiger partial charge on any atom is 0.306 e. The smallest absolute Gasteiger partial charge is 0.306 e. The Morgan fingerprint density at radius 2 is 1.04 bits per heavy atom. The topological polar surface area (TPSA) is 74.3 Å². The molecule has 0 aliphatic carbocycles. The standard InChI is InChI=1S/C45H79NO6/c1-5-7-9-11-13-15-17-19-21-23-25-27-29-31-33-35-43(47)51-42-40-50-41(39-49-38-37-46(3)4)45(42)52-44(48)36-34-32-30-28-26-24-22-20-18-16-14-12-10-8-6-2/h13-16,19-22,41-42,45H,5-12,17-18,23-40H2,1-4H3/b15-13-,16-14-,21-19-,22-20-/t41-,42+,45+/m1/s1. The van der Waals surface area contributed by atoms with E-state index in [4.69, 9.17) is 18.9 Å². The molecule has 0 bridgehead atoms. The van der Waals surface area contributed by atoms with Crippen LogP contribution < -0.4 is 0 Å². The average Bonchev–Trinajstić information content (AvgIpc) is 3.49. The molecule has 1 heterocycles. The van der Waals surface area contributed by atoms with E-state index in [1.807, 2.05) is 14.1 Å². The van der Waals surface area contributed by atoms with E-state index in [-0.39, 0.29) is 18.5 Å². The number of ether oxygens (including phenoxy) is 4. The first-order valence-electron chi connectivity index (χ1n) is 21.3. The number of rotatable bonds is 35. The van der Waals surface area contributed by atoms with E-state index in [1.165, 1.54) is 77.0 Å². The molecule has 7 nitrogen and oxygen atoms in total. The van der Waals surface area contributed by atoms with Gasteiger partial charge in [0, 0.05) is 19.4 Å². The SMILES string of the molecule is CCCCC/C=C\C/C=C\CCCCCCCC(=O)O[C@@H]1[C@@H](OC(=O)CCCCCCC/C=C\C/C=C\CCCCC)CO[C@@H]1COCCN(C)C. The Bertz CT molecular complexity index is 957. The average molecular weight is 730 g/mol. The summed E-state index contributed by atoms with van der Waals surface area (Å²) in [4.78, 5) is 27.7. The second-order valence-electron chi connectivity index (χ2n) is 14.7. The van der Waals surface area contributed by atoms with E-state index in [0.717, 1.165) is 70.8 Å². The lowest BCUT2D eigenvalue weighted by Gasteiger charge is -2.23. The summed E-state index contributed by atoms with van der Waals surface area (Å²) in [6, 6.07) is 0. The van der Waals surface area contributed by atoms with Gasteiger partial charge in [0.15, 0.2) is 12.2 Å². The highest BCUT2D eigenvalue weighted by molar-refractivity contribution is 5.70. The van der Waals surface area contributed by atoms with Gasteiger partial charge < -0.3 is 23.8 Å². The molecule has 300 valence electrons. The number of esters is 2. The molecule has 52 heavy (non-hydrogen) atoms. The molecular formula is C45H79NO6. The molecule has 0 aromatic carbocycles. The normalized spacial score (nSPS) is 17.9. The van der Waals surface area contributed by atoms with Crippen LogP contribution in [0.15, 0.2) is 48.6 Å². The third kappa shape index (κ3) is 29.3. The van der Waals surface area contributed by atoms with Gasteiger partial charge in [0.05, 0.1) is 19.8 Å². The molecule has 1 aliphatic heterocycles. The lowest BCUT2D eigenvalue weighted by atomic mass is 10.1. The van der Waals surface area contributed by atoms with E-state index in [0.29, 0.717) is 26.1 Å². The van der Waals surface area contributed by atoms with E-state index >= 15 is 0 Å². The van der Waals surface area contributed by atoms with Crippen LogP contribution in [0.4, 0.5) is 0 Å². The van der Waals surface area contributed by atoms with Crippen molar-refractivity contribution in [3.63, 3.8) is 0 Å². The number of carbonyl (C=O) groups is 2. The summed E-state index contributed by atoms with van der Waals surface area (Å²) >= 11 is 0. The van der Waals surface area contributed by atoms with E-state index < -0.39 is 18.3 Å². The van der Waals surface area contributed by atoms with Crippen molar-refractivity contribution in [2.24, 2.45) is 0 Å². The Hall–Kier alpha value is -2.22. The summed E-state index contributed by atoms with van der Waals surface area (Å²) < 4.78 is 23.5. The van der Waals surface area contributed by atoms with Crippen molar-refractivity contribution in [1.29, 1.82) is 0 Å². The quantitative estimate of drug-likeness (QED) is 0.0365. The number of likely N-dealkylation sites (N-methyl/N-ethyl adjacent to an activating group) is 1. The van der Waals surface area contributed by atoms with Gasteiger partial charge in [-0.1, -0.05) is 127 Å². The molecule has 0 aromatic heterocycles. The predicted octanol–water partition coefficient (Wildman–Crippen LogP) is 11.4. The molecule has 0 amide bonds. The van der Waals surface area contributed by atoms with Crippen LogP contribution in [0.3, 0.4) is 0 Å². The molecule has 0 unspecified atom stereocenters.